The highest BCUT2D eigenvalue weighted by Gasteiger charge is 2.23. The number of likely N-dealkylation sites (tertiary alicyclic amines) is 1. The SMILES string of the molecule is O=C(NCCCCN1CCCC1CO)C1CCCOC1. The maximum absolute atomic E-state index is 11.9. The fourth-order valence-electron chi connectivity index (χ4n) is 3.14. The van der Waals surface area contributed by atoms with E-state index in [1.165, 1.54) is 6.42 Å². The van der Waals surface area contributed by atoms with E-state index in [-0.39, 0.29) is 18.4 Å². The van der Waals surface area contributed by atoms with Gasteiger partial charge in [0.25, 0.3) is 0 Å². The number of hydrogen-bond donors (Lipinski definition) is 2. The Morgan fingerprint density at radius 3 is 2.95 bits per heavy atom. The third-order valence-electron chi connectivity index (χ3n) is 4.41. The van der Waals surface area contributed by atoms with Crippen LogP contribution in [0.1, 0.15) is 38.5 Å². The number of nitrogens with one attached hydrogen (secondary N) is 1. The minimum Gasteiger partial charge on any atom is -0.395 e. The Hall–Kier alpha value is -0.650. The molecule has 2 aliphatic heterocycles. The normalized spacial score (nSPS) is 27.6. The van der Waals surface area contributed by atoms with E-state index in [0.29, 0.717) is 12.6 Å². The largest absolute Gasteiger partial charge is 0.395 e. The molecule has 0 radical (unpaired) electrons. The number of carbonyl (C=O) groups excluding carboxylic acids is 1. The van der Waals surface area contributed by atoms with Crippen LogP contribution in [-0.4, -0.2) is 61.4 Å². The molecule has 0 aliphatic carbocycles. The first-order valence-electron chi connectivity index (χ1n) is 8.01. The number of ether oxygens (including phenoxy) is 1. The summed E-state index contributed by atoms with van der Waals surface area (Å²) in [7, 11) is 0. The molecule has 2 fully saturated rings. The fraction of sp³-hybridized carbons (Fsp3) is 0.933. The standard InChI is InChI=1S/C15H28N2O3/c18-11-14-6-3-9-17(14)8-2-1-7-16-15(19)13-5-4-10-20-12-13/h13-14,18H,1-12H2,(H,16,19). The third kappa shape index (κ3) is 4.72. The second-order valence-electron chi connectivity index (χ2n) is 5.93. The topological polar surface area (TPSA) is 61.8 Å². The molecule has 0 spiro atoms. The predicted octanol–water partition coefficient (Wildman–Crippen LogP) is 0.766. The van der Waals surface area contributed by atoms with Crippen molar-refractivity contribution in [3.05, 3.63) is 0 Å². The second-order valence-corrected chi connectivity index (χ2v) is 5.93. The van der Waals surface area contributed by atoms with Gasteiger partial charge in [-0.3, -0.25) is 9.69 Å². The van der Waals surface area contributed by atoms with Crippen LogP contribution in [0.15, 0.2) is 0 Å². The Bertz CT molecular complexity index is 293. The van der Waals surface area contributed by atoms with Gasteiger partial charge in [0.15, 0.2) is 0 Å². The van der Waals surface area contributed by atoms with Crippen LogP contribution in [0.25, 0.3) is 0 Å². The van der Waals surface area contributed by atoms with E-state index in [1.807, 2.05) is 0 Å². The van der Waals surface area contributed by atoms with Gasteiger partial charge >= 0.3 is 0 Å². The molecule has 0 saturated carbocycles. The van der Waals surface area contributed by atoms with Gasteiger partial charge in [-0.15, -0.1) is 0 Å². The Labute approximate surface area is 121 Å². The first kappa shape index (κ1) is 15.7. The van der Waals surface area contributed by atoms with Crippen LogP contribution < -0.4 is 5.32 Å². The van der Waals surface area contributed by atoms with E-state index in [1.54, 1.807) is 0 Å². The second kappa shape index (κ2) is 8.60. The van der Waals surface area contributed by atoms with E-state index < -0.39 is 0 Å². The molecule has 1 amide bonds. The zero-order chi connectivity index (χ0) is 14.2. The van der Waals surface area contributed by atoms with Crippen LogP contribution >= 0.6 is 0 Å². The summed E-state index contributed by atoms with van der Waals surface area (Å²) in [5.74, 6) is 0.209. The van der Waals surface area contributed by atoms with Gasteiger partial charge in [-0.2, -0.15) is 0 Å². The quantitative estimate of drug-likeness (QED) is 0.678. The summed E-state index contributed by atoms with van der Waals surface area (Å²) in [4.78, 5) is 14.3. The minimum absolute atomic E-state index is 0.0566. The number of unbranched alkanes of at least 4 members (excludes halogenated alkanes) is 1. The highest BCUT2D eigenvalue weighted by Crippen LogP contribution is 2.17. The molecule has 5 nitrogen and oxygen atoms in total. The number of hydrogen-bond acceptors (Lipinski definition) is 4. The van der Waals surface area contributed by atoms with E-state index in [4.69, 9.17) is 4.74 Å². The number of aliphatic hydroxyl groups excluding tert-OH is 1. The lowest BCUT2D eigenvalue weighted by molar-refractivity contribution is -0.128. The first-order valence-corrected chi connectivity index (χ1v) is 8.01. The molecule has 2 atom stereocenters. The smallest absolute Gasteiger partial charge is 0.225 e. The third-order valence-corrected chi connectivity index (χ3v) is 4.41. The molecular formula is C15H28N2O3. The van der Waals surface area contributed by atoms with Gasteiger partial charge < -0.3 is 15.2 Å². The average molecular weight is 284 g/mol. The molecule has 2 rings (SSSR count). The van der Waals surface area contributed by atoms with Crippen molar-refractivity contribution in [1.29, 1.82) is 0 Å². The van der Waals surface area contributed by atoms with Crippen LogP contribution in [0.4, 0.5) is 0 Å². The summed E-state index contributed by atoms with van der Waals surface area (Å²) in [6.45, 7) is 4.56. The average Bonchev–Trinajstić information content (AvgIpc) is 2.95. The van der Waals surface area contributed by atoms with Crippen LogP contribution in [0.3, 0.4) is 0 Å². The van der Waals surface area contributed by atoms with E-state index in [0.717, 1.165) is 58.3 Å². The van der Waals surface area contributed by atoms with Crippen molar-refractivity contribution in [2.24, 2.45) is 5.92 Å². The van der Waals surface area contributed by atoms with Crippen molar-refractivity contribution in [2.45, 2.75) is 44.6 Å². The Morgan fingerprint density at radius 2 is 2.20 bits per heavy atom. The molecule has 2 N–H and O–H groups in total. The Balaban J connectivity index is 1.51. The molecule has 116 valence electrons. The van der Waals surface area contributed by atoms with Gasteiger partial charge in [0.2, 0.25) is 5.91 Å². The van der Waals surface area contributed by atoms with Crippen molar-refractivity contribution < 1.29 is 14.6 Å². The van der Waals surface area contributed by atoms with E-state index in [2.05, 4.69) is 10.2 Å². The first-order chi connectivity index (χ1) is 9.81. The lowest BCUT2D eigenvalue weighted by Crippen LogP contribution is -2.36. The molecule has 2 heterocycles. The summed E-state index contributed by atoms with van der Waals surface area (Å²) < 4.78 is 5.33. The molecule has 0 aromatic heterocycles. The number of carbonyl (C=O) groups is 1. The molecule has 2 aliphatic rings. The Kier molecular flexibility index (Phi) is 6.76. The molecule has 20 heavy (non-hydrogen) atoms. The number of rotatable bonds is 7. The lowest BCUT2D eigenvalue weighted by atomic mass is 10.0. The highest BCUT2D eigenvalue weighted by atomic mass is 16.5. The monoisotopic (exact) mass is 284 g/mol. The molecular weight excluding hydrogens is 256 g/mol. The van der Waals surface area contributed by atoms with Crippen LogP contribution in [0, 0.1) is 5.92 Å². The molecule has 0 aromatic rings. The fourth-order valence-corrected chi connectivity index (χ4v) is 3.14. The summed E-state index contributed by atoms with van der Waals surface area (Å²) in [5, 5.41) is 12.3. The van der Waals surface area contributed by atoms with Crippen molar-refractivity contribution in [1.82, 2.24) is 10.2 Å². The van der Waals surface area contributed by atoms with Crippen molar-refractivity contribution in [3.63, 3.8) is 0 Å². The predicted molar refractivity (Wildman–Crippen MR) is 77.5 cm³/mol. The molecule has 2 unspecified atom stereocenters. The maximum atomic E-state index is 11.9. The van der Waals surface area contributed by atoms with Crippen molar-refractivity contribution in [3.8, 4) is 0 Å². The van der Waals surface area contributed by atoms with Crippen LogP contribution in [0.5, 0.6) is 0 Å². The number of amides is 1. The van der Waals surface area contributed by atoms with Crippen LogP contribution in [-0.2, 0) is 9.53 Å². The maximum Gasteiger partial charge on any atom is 0.225 e. The summed E-state index contributed by atoms with van der Waals surface area (Å²) >= 11 is 0. The van der Waals surface area contributed by atoms with Gasteiger partial charge in [0, 0.05) is 19.2 Å². The highest BCUT2D eigenvalue weighted by molar-refractivity contribution is 5.78. The van der Waals surface area contributed by atoms with Gasteiger partial charge in [-0.1, -0.05) is 0 Å². The van der Waals surface area contributed by atoms with E-state index in [9.17, 15) is 9.90 Å². The zero-order valence-corrected chi connectivity index (χ0v) is 12.4. The van der Waals surface area contributed by atoms with Gasteiger partial charge in [0.05, 0.1) is 19.1 Å². The van der Waals surface area contributed by atoms with Gasteiger partial charge in [-0.25, -0.2) is 0 Å². The lowest BCUT2D eigenvalue weighted by Gasteiger charge is -2.23. The van der Waals surface area contributed by atoms with Gasteiger partial charge in [-0.05, 0) is 51.6 Å². The molecule has 0 aromatic carbocycles. The van der Waals surface area contributed by atoms with Crippen LogP contribution in [0.2, 0.25) is 0 Å². The zero-order valence-electron chi connectivity index (χ0n) is 12.4. The Morgan fingerprint density at radius 1 is 1.30 bits per heavy atom. The van der Waals surface area contributed by atoms with E-state index >= 15 is 0 Å². The molecule has 5 heteroatoms. The molecule has 2 saturated heterocycles. The van der Waals surface area contributed by atoms with Crippen molar-refractivity contribution >= 4 is 5.91 Å². The summed E-state index contributed by atoms with van der Waals surface area (Å²) in [5.41, 5.74) is 0. The molecule has 0 bridgehead atoms. The number of nitrogens with zero attached hydrogens (tertiary/aromatic N) is 1. The summed E-state index contributed by atoms with van der Waals surface area (Å²) in [6, 6.07) is 0.365. The van der Waals surface area contributed by atoms with Gasteiger partial charge in [0.1, 0.15) is 0 Å². The minimum atomic E-state index is 0.0566. The van der Waals surface area contributed by atoms with Crippen molar-refractivity contribution in [2.75, 3.05) is 39.5 Å². The number of aliphatic hydroxyl groups is 1. The summed E-state index contributed by atoms with van der Waals surface area (Å²) in [6.07, 6.45) is 6.36.